The molecule has 0 amide bonds. The van der Waals surface area contributed by atoms with Crippen LogP contribution in [0.25, 0.3) is 0 Å². The van der Waals surface area contributed by atoms with E-state index in [2.05, 4.69) is 0 Å². The number of hydrogen-bond acceptors (Lipinski definition) is 1. The Balaban J connectivity index is 3.46. The molecule has 0 aliphatic carbocycles. The Kier molecular flexibility index (Phi) is 2.05. The molecule has 1 heterocycles. The molecule has 0 saturated carbocycles. The second kappa shape index (κ2) is 2.70. The summed E-state index contributed by atoms with van der Waals surface area (Å²) in [4.78, 5) is 0. The molecule has 0 N–H and O–H groups in total. The molecule has 0 unspecified atom stereocenters. The average Bonchev–Trinajstić information content (AvgIpc) is 1.97. The van der Waals surface area contributed by atoms with Crippen LogP contribution < -0.4 is 4.73 Å². The Morgan fingerprint density at radius 2 is 1.82 bits per heavy atom. The van der Waals surface area contributed by atoms with Crippen LogP contribution in [0.15, 0.2) is 6.20 Å². The van der Waals surface area contributed by atoms with Crippen LogP contribution in [0.3, 0.4) is 0 Å². The van der Waals surface area contributed by atoms with E-state index in [1.165, 1.54) is 6.20 Å². The van der Waals surface area contributed by atoms with Gasteiger partial charge in [-0.2, -0.15) is 4.73 Å². The van der Waals surface area contributed by atoms with Gasteiger partial charge in [-0.15, -0.1) is 0 Å². The third-order valence-electron chi connectivity index (χ3n) is 2.02. The van der Waals surface area contributed by atoms with Gasteiger partial charge in [0.2, 0.25) is 0 Å². The second-order valence-electron chi connectivity index (χ2n) is 2.64. The van der Waals surface area contributed by atoms with E-state index in [0.717, 1.165) is 15.9 Å². The first-order chi connectivity index (χ1) is 5.04. The Bertz CT molecular complexity index is 270. The Morgan fingerprint density at radius 1 is 1.27 bits per heavy atom. The lowest BCUT2D eigenvalue weighted by atomic mass is 10.1. The average molecular weight is 172 g/mol. The van der Waals surface area contributed by atoms with Gasteiger partial charge in [0.25, 0.3) is 0 Å². The summed E-state index contributed by atoms with van der Waals surface area (Å²) in [7, 11) is 0. The topological polar surface area (TPSA) is 26.9 Å². The predicted octanol–water partition coefficient (Wildman–Crippen LogP) is 1.90. The zero-order valence-corrected chi connectivity index (χ0v) is 7.57. The van der Waals surface area contributed by atoms with Crippen molar-refractivity contribution in [3.63, 3.8) is 0 Å². The standard InChI is InChI=1S/C8H10ClNO/c1-5-6(2)8(9)4-10(11)7(5)3/h4H,1-3H3. The molecule has 0 fully saturated rings. The van der Waals surface area contributed by atoms with Crippen LogP contribution in [0.1, 0.15) is 16.8 Å². The van der Waals surface area contributed by atoms with Crippen LogP contribution in [0.5, 0.6) is 0 Å². The molecule has 0 saturated heterocycles. The SMILES string of the molecule is Cc1c(Cl)c[n+]([O-])c(C)c1C. The van der Waals surface area contributed by atoms with Crippen molar-refractivity contribution in [3.8, 4) is 0 Å². The molecule has 0 atom stereocenters. The molecule has 0 bridgehead atoms. The van der Waals surface area contributed by atoms with Crippen LogP contribution in [-0.2, 0) is 0 Å². The normalized spacial score (nSPS) is 10.2. The predicted molar refractivity (Wildman–Crippen MR) is 44.6 cm³/mol. The highest BCUT2D eigenvalue weighted by Gasteiger charge is 2.09. The zero-order chi connectivity index (χ0) is 8.59. The van der Waals surface area contributed by atoms with Crippen LogP contribution >= 0.6 is 11.6 Å². The minimum Gasteiger partial charge on any atom is -0.618 e. The number of nitrogens with zero attached hydrogens (tertiary/aromatic N) is 1. The summed E-state index contributed by atoms with van der Waals surface area (Å²) in [5.41, 5.74) is 2.66. The largest absolute Gasteiger partial charge is 0.618 e. The van der Waals surface area contributed by atoms with E-state index in [4.69, 9.17) is 11.6 Å². The summed E-state index contributed by atoms with van der Waals surface area (Å²) in [5.74, 6) is 0. The molecule has 1 aromatic rings. The smallest absolute Gasteiger partial charge is 0.199 e. The minimum atomic E-state index is 0.531. The highest BCUT2D eigenvalue weighted by atomic mass is 35.5. The molecular weight excluding hydrogens is 162 g/mol. The van der Waals surface area contributed by atoms with Crippen molar-refractivity contribution < 1.29 is 4.73 Å². The highest BCUT2D eigenvalue weighted by molar-refractivity contribution is 6.31. The maximum absolute atomic E-state index is 11.0. The minimum absolute atomic E-state index is 0.531. The highest BCUT2D eigenvalue weighted by Crippen LogP contribution is 2.17. The van der Waals surface area contributed by atoms with Crippen molar-refractivity contribution in [1.82, 2.24) is 0 Å². The van der Waals surface area contributed by atoms with Crippen LogP contribution in [0.2, 0.25) is 5.02 Å². The maximum atomic E-state index is 11.0. The van der Waals surface area contributed by atoms with Gasteiger partial charge in [-0.25, -0.2) is 0 Å². The molecule has 1 rings (SSSR count). The molecule has 60 valence electrons. The summed E-state index contributed by atoms with van der Waals surface area (Å²) in [5, 5.41) is 11.6. The van der Waals surface area contributed by atoms with E-state index in [1.54, 1.807) is 6.92 Å². The van der Waals surface area contributed by atoms with Gasteiger partial charge in [-0.3, -0.25) is 0 Å². The molecule has 11 heavy (non-hydrogen) atoms. The number of pyridine rings is 1. The lowest BCUT2D eigenvalue weighted by Gasteiger charge is -2.06. The Morgan fingerprint density at radius 3 is 2.36 bits per heavy atom. The fourth-order valence-electron chi connectivity index (χ4n) is 0.912. The third kappa shape index (κ3) is 1.31. The molecule has 0 radical (unpaired) electrons. The van der Waals surface area contributed by atoms with Crippen molar-refractivity contribution in [2.75, 3.05) is 0 Å². The molecule has 0 aromatic carbocycles. The molecule has 2 nitrogen and oxygen atoms in total. The number of halogens is 1. The van der Waals surface area contributed by atoms with Gasteiger partial charge in [-0.05, 0) is 19.4 Å². The lowest BCUT2D eigenvalue weighted by molar-refractivity contribution is -0.612. The number of aromatic nitrogens is 1. The van der Waals surface area contributed by atoms with E-state index in [9.17, 15) is 5.21 Å². The first-order valence-corrected chi connectivity index (χ1v) is 3.77. The van der Waals surface area contributed by atoms with Gasteiger partial charge in [0.15, 0.2) is 11.9 Å². The van der Waals surface area contributed by atoms with Gasteiger partial charge < -0.3 is 5.21 Å². The molecule has 0 spiro atoms. The molecule has 1 aromatic heterocycles. The van der Waals surface area contributed by atoms with Crippen molar-refractivity contribution in [1.29, 1.82) is 0 Å². The van der Waals surface area contributed by atoms with E-state index in [1.807, 2.05) is 13.8 Å². The molecule has 3 heteroatoms. The summed E-state index contributed by atoms with van der Waals surface area (Å²) in [6.45, 7) is 5.58. The Labute approximate surface area is 71.0 Å². The fourth-order valence-corrected chi connectivity index (χ4v) is 1.14. The van der Waals surface area contributed by atoms with Crippen LogP contribution in [0, 0.1) is 26.0 Å². The first kappa shape index (κ1) is 8.34. The second-order valence-corrected chi connectivity index (χ2v) is 3.05. The third-order valence-corrected chi connectivity index (χ3v) is 2.41. The van der Waals surface area contributed by atoms with Gasteiger partial charge in [0, 0.05) is 12.5 Å². The summed E-state index contributed by atoms with van der Waals surface area (Å²) >= 11 is 5.77. The Hall–Kier alpha value is -0.760. The van der Waals surface area contributed by atoms with Gasteiger partial charge in [0.05, 0.1) is 0 Å². The van der Waals surface area contributed by atoms with Crippen molar-refractivity contribution >= 4 is 11.6 Å². The van der Waals surface area contributed by atoms with Crippen molar-refractivity contribution in [2.24, 2.45) is 0 Å². The molecule has 0 aliphatic rings. The van der Waals surface area contributed by atoms with E-state index < -0.39 is 0 Å². The van der Waals surface area contributed by atoms with E-state index in [-0.39, 0.29) is 0 Å². The summed E-state index contributed by atoms with van der Waals surface area (Å²) < 4.78 is 0.796. The summed E-state index contributed by atoms with van der Waals surface area (Å²) in [6, 6.07) is 0. The van der Waals surface area contributed by atoms with Crippen LogP contribution in [-0.4, -0.2) is 0 Å². The van der Waals surface area contributed by atoms with E-state index in [0.29, 0.717) is 10.7 Å². The number of hydrogen-bond donors (Lipinski definition) is 0. The van der Waals surface area contributed by atoms with Gasteiger partial charge in [-0.1, -0.05) is 11.6 Å². The monoisotopic (exact) mass is 171 g/mol. The quantitative estimate of drug-likeness (QED) is 0.433. The van der Waals surface area contributed by atoms with Crippen molar-refractivity contribution in [2.45, 2.75) is 20.8 Å². The van der Waals surface area contributed by atoms with Crippen molar-refractivity contribution in [3.05, 3.63) is 33.2 Å². The number of rotatable bonds is 0. The van der Waals surface area contributed by atoms with E-state index >= 15 is 0 Å². The van der Waals surface area contributed by atoms with Gasteiger partial charge in [0.1, 0.15) is 5.02 Å². The fraction of sp³-hybridized carbons (Fsp3) is 0.375. The maximum Gasteiger partial charge on any atom is 0.199 e. The van der Waals surface area contributed by atoms with Gasteiger partial charge >= 0.3 is 0 Å². The lowest BCUT2D eigenvalue weighted by Crippen LogP contribution is -2.30. The zero-order valence-electron chi connectivity index (χ0n) is 6.81. The summed E-state index contributed by atoms with van der Waals surface area (Å²) in [6.07, 6.45) is 1.39. The van der Waals surface area contributed by atoms with Crippen LogP contribution in [0.4, 0.5) is 0 Å². The molecular formula is C8H10ClNO. The first-order valence-electron chi connectivity index (χ1n) is 3.39. The molecule has 0 aliphatic heterocycles.